The van der Waals surface area contributed by atoms with Crippen molar-refractivity contribution in [3.05, 3.63) is 24.3 Å². The van der Waals surface area contributed by atoms with Crippen LogP contribution < -0.4 is 16.1 Å². The zero-order valence-electron chi connectivity index (χ0n) is 14.8. The molecule has 3 unspecified atom stereocenters. The average molecular weight is 350 g/mol. The molecule has 2 rings (SSSR count). The molecule has 0 spiro atoms. The monoisotopic (exact) mass is 350 g/mol. The van der Waals surface area contributed by atoms with Gasteiger partial charge in [-0.2, -0.15) is 4.31 Å². The Hall–Kier alpha value is -1.38. The highest BCUT2D eigenvalue weighted by Gasteiger charge is 2.38. The summed E-state index contributed by atoms with van der Waals surface area (Å²) >= 11 is 0. The van der Waals surface area contributed by atoms with Crippen LogP contribution in [-0.2, 0) is 10.0 Å². The van der Waals surface area contributed by atoms with Gasteiger partial charge in [0.1, 0.15) is 13.7 Å². The van der Waals surface area contributed by atoms with Gasteiger partial charge in [0, 0.05) is 26.2 Å². The quantitative estimate of drug-likeness (QED) is 0.368. The average Bonchev–Trinajstić information content (AvgIpc) is 2.94. The first kappa shape index (κ1) is 19.0. The van der Waals surface area contributed by atoms with E-state index >= 15 is 0 Å². The minimum absolute atomic E-state index is 0.0848. The second-order valence-electron chi connectivity index (χ2n) is 6.68. The summed E-state index contributed by atoms with van der Waals surface area (Å²) < 4.78 is 27.6. The van der Waals surface area contributed by atoms with E-state index in [0.29, 0.717) is 29.7 Å². The first-order chi connectivity index (χ1) is 11.3. The van der Waals surface area contributed by atoms with E-state index in [1.807, 2.05) is 26.9 Å². The lowest BCUT2D eigenvalue weighted by Gasteiger charge is -2.26. The lowest BCUT2D eigenvalue weighted by molar-refractivity contribution is 0.368. The van der Waals surface area contributed by atoms with Gasteiger partial charge in [0.2, 0.25) is 10.0 Å². The molecule has 0 saturated carbocycles. The summed E-state index contributed by atoms with van der Waals surface area (Å²) in [5, 5.41) is 13.9. The van der Waals surface area contributed by atoms with E-state index in [-0.39, 0.29) is 12.1 Å². The van der Waals surface area contributed by atoms with Crippen LogP contribution in [0.1, 0.15) is 20.3 Å². The van der Waals surface area contributed by atoms with Crippen molar-refractivity contribution in [1.82, 2.24) is 14.9 Å². The Kier molecular flexibility index (Phi) is 6.06. The van der Waals surface area contributed by atoms with Gasteiger partial charge >= 0.3 is 0 Å². The Morgan fingerprint density at radius 3 is 2.62 bits per heavy atom. The Morgan fingerprint density at radius 1 is 1.42 bits per heavy atom. The van der Waals surface area contributed by atoms with Crippen molar-refractivity contribution in [2.45, 2.75) is 37.2 Å². The van der Waals surface area contributed by atoms with Crippen LogP contribution in [0.4, 0.5) is 0 Å². The van der Waals surface area contributed by atoms with Crippen molar-refractivity contribution in [1.29, 1.82) is 5.41 Å². The van der Waals surface area contributed by atoms with E-state index < -0.39 is 10.0 Å². The van der Waals surface area contributed by atoms with Gasteiger partial charge in [-0.1, -0.05) is 24.5 Å². The molecule has 3 atom stereocenters. The molecule has 132 valence electrons. The number of amidine groups is 1. The number of hydrogen-bond acceptors (Lipinski definition) is 4. The second kappa shape index (κ2) is 7.67. The molecular formula is C16H27BN4O2S. The van der Waals surface area contributed by atoms with Crippen LogP contribution in [0.3, 0.4) is 0 Å². The van der Waals surface area contributed by atoms with Crippen LogP contribution in [0.25, 0.3) is 0 Å². The van der Waals surface area contributed by atoms with Gasteiger partial charge in [-0.15, -0.1) is 0 Å². The molecule has 1 aromatic rings. The third kappa shape index (κ3) is 4.17. The molecule has 1 saturated heterocycles. The van der Waals surface area contributed by atoms with E-state index in [1.165, 1.54) is 0 Å². The standard InChI is InChI=1S/C16H27BN4O2S/c1-11-8-14(9-20-12(2)16(18)19-3)21(10-11)24(22,23)15-6-4-13(17)5-7-15/h4-7,11-12,14,20H,8-10,17H2,1-3H3,(H2,18,19). The van der Waals surface area contributed by atoms with E-state index in [9.17, 15) is 8.42 Å². The molecule has 3 N–H and O–H groups in total. The van der Waals surface area contributed by atoms with Gasteiger partial charge < -0.3 is 10.6 Å². The molecule has 1 fully saturated rings. The van der Waals surface area contributed by atoms with E-state index in [4.69, 9.17) is 5.41 Å². The van der Waals surface area contributed by atoms with E-state index in [0.717, 1.165) is 11.9 Å². The van der Waals surface area contributed by atoms with Crippen molar-refractivity contribution in [3.8, 4) is 0 Å². The SMILES string of the molecule is Bc1ccc(S(=O)(=O)N2CC(C)CC2CNC(C)C(=N)NC)cc1. The molecule has 0 bridgehead atoms. The summed E-state index contributed by atoms with van der Waals surface area (Å²) in [6.45, 7) is 5.06. The number of likely N-dealkylation sites (N-methyl/N-ethyl adjacent to an activating group) is 1. The second-order valence-corrected chi connectivity index (χ2v) is 8.57. The van der Waals surface area contributed by atoms with Crippen molar-refractivity contribution in [2.75, 3.05) is 20.1 Å². The van der Waals surface area contributed by atoms with Gasteiger partial charge in [0.05, 0.1) is 10.9 Å². The molecule has 0 radical (unpaired) electrons. The van der Waals surface area contributed by atoms with Gasteiger partial charge in [-0.25, -0.2) is 8.42 Å². The molecule has 24 heavy (non-hydrogen) atoms. The number of benzene rings is 1. The topological polar surface area (TPSA) is 85.3 Å². The summed E-state index contributed by atoms with van der Waals surface area (Å²) in [6.07, 6.45) is 0.831. The number of nitrogens with one attached hydrogen (secondary N) is 3. The zero-order chi connectivity index (χ0) is 17.9. The Bertz CT molecular complexity index is 678. The molecule has 0 amide bonds. The summed E-state index contributed by atoms with van der Waals surface area (Å²) in [5.74, 6) is 0.727. The Morgan fingerprint density at radius 2 is 2.04 bits per heavy atom. The van der Waals surface area contributed by atoms with Crippen LogP contribution >= 0.6 is 0 Å². The van der Waals surface area contributed by atoms with E-state index in [1.54, 1.807) is 23.5 Å². The maximum absolute atomic E-state index is 13.0. The Labute approximate surface area is 146 Å². The maximum atomic E-state index is 13.0. The number of nitrogens with zero attached hydrogens (tertiary/aromatic N) is 1. The summed E-state index contributed by atoms with van der Waals surface area (Å²) in [7, 11) is 0.171. The molecular weight excluding hydrogens is 323 g/mol. The molecule has 0 aromatic heterocycles. The highest BCUT2D eigenvalue weighted by Crippen LogP contribution is 2.29. The largest absolute Gasteiger partial charge is 0.376 e. The predicted molar refractivity (Wildman–Crippen MR) is 100 cm³/mol. The van der Waals surface area contributed by atoms with E-state index in [2.05, 4.69) is 17.6 Å². The number of hydrogen-bond donors (Lipinski definition) is 3. The summed E-state index contributed by atoms with van der Waals surface area (Å²) in [6, 6.07) is 6.80. The van der Waals surface area contributed by atoms with Gasteiger partial charge in [-0.05, 0) is 31.4 Å². The highest BCUT2D eigenvalue weighted by molar-refractivity contribution is 7.89. The predicted octanol–water partition coefficient (Wildman–Crippen LogP) is -0.481. The van der Waals surface area contributed by atoms with Gasteiger partial charge in [-0.3, -0.25) is 5.41 Å². The number of sulfonamides is 1. The smallest absolute Gasteiger partial charge is 0.243 e. The fourth-order valence-corrected chi connectivity index (χ4v) is 4.82. The highest BCUT2D eigenvalue weighted by atomic mass is 32.2. The van der Waals surface area contributed by atoms with Gasteiger partial charge in [0.15, 0.2) is 0 Å². The summed E-state index contributed by atoms with van der Waals surface area (Å²) in [4.78, 5) is 0.350. The third-order valence-corrected chi connectivity index (χ3v) is 6.50. The third-order valence-electron chi connectivity index (χ3n) is 4.56. The lowest BCUT2D eigenvalue weighted by Crippen LogP contribution is -2.47. The van der Waals surface area contributed by atoms with Crippen molar-refractivity contribution in [2.24, 2.45) is 5.92 Å². The van der Waals surface area contributed by atoms with Crippen LogP contribution in [0, 0.1) is 11.3 Å². The maximum Gasteiger partial charge on any atom is 0.243 e. The van der Waals surface area contributed by atoms with Crippen LogP contribution in [-0.4, -0.2) is 58.6 Å². The summed E-state index contributed by atoms with van der Waals surface area (Å²) in [5.41, 5.74) is 1.04. The van der Waals surface area contributed by atoms with Crippen LogP contribution in [0.5, 0.6) is 0 Å². The van der Waals surface area contributed by atoms with Crippen LogP contribution in [0.15, 0.2) is 29.2 Å². The van der Waals surface area contributed by atoms with Crippen molar-refractivity contribution >= 4 is 29.2 Å². The zero-order valence-corrected chi connectivity index (χ0v) is 15.7. The van der Waals surface area contributed by atoms with Gasteiger partial charge in [0.25, 0.3) is 0 Å². The van der Waals surface area contributed by atoms with Crippen molar-refractivity contribution < 1.29 is 8.42 Å². The lowest BCUT2D eigenvalue weighted by atomic mass is 9.97. The number of rotatable bonds is 6. The molecule has 8 heteroatoms. The fraction of sp³-hybridized carbons (Fsp3) is 0.562. The minimum Gasteiger partial charge on any atom is -0.376 e. The molecule has 1 heterocycles. The first-order valence-corrected chi connectivity index (χ1v) is 9.77. The fourth-order valence-electron chi connectivity index (χ4n) is 3.07. The minimum atomic E-state index is -3.49. The molecule has 1 aliphatic rings. The first-order valence-electron chi connectivity index (χ1n) is 8.33. The van der Waals surface area contributed by atoms with Crippen molar-refractivity contribution in [3.63, 3.8) is 0 Å². The Balaban J connectivity index is 2.14. The molecule has 6 nitrogen and oxygen atoms in total. The van der Waals surface area contributed by atoms with Crippen LogP contribution in [0.2, 0.25) is 0 Å². The normalized spacial score (nSPS) is 23.1. The molecule has 1 aliphatic heterocycles. The molecule has 1 aromatic carbocycles. The molecule has 0 aliphatic carbocycles.